The first-order chi connectivity index (χ1) is 6.04. The summed E-state index contributed by atoms with van der Waals surface area (Å²) in [6, 6.07) is 0. The Bertz CT molecular complexity index is 118. The molecule has 0 fully saturated rings. The van der Waals surface area contributed by atoms with E-state index in [1.807, 2.05) is 0 Å². The number of unbranched alkanes of at least 4 members (excludes halogenated alkanes) is 2. The molecule has 1 heteroatoms. The normalized spacial score (nSPS) is 14.5. The average molecular weight is 186 g/mol. The summed E-state index contributed by atoms with van der Waals surface area (Å²) in [6.07, 6.45) is 6.79. The Morgan fingerprint density at radius 3 is 2.08 bits per heavy atom. The zero-order chi connectivity index (χ0) is 10.3. The van der Waals surface area contributed by atoms with Crippen molar-refractivity contribution in [3.05, 3.63) is 0 Å². The molecule has 0 amide bonds. The van der Waals surface area contributed by atoms with E-state index in [1.165, 1.54) is 19.3 Å². The minimum Gasteiger partial charge on any atom is -0.393 e. The Labute approximate surface area is 83.5 Å². The number of hydrogen-bond acceptors (Lipinski definition) is 1. The number of aliphatic hydroxyl groups excluding tert-OH is 1. The van der Waals surface area contributed by atoms with Crippen LogP contribution in [0.1, 0.15) is 66.2 Å². The maximum absolute atomic E-state index is 9.93. The first kappa shape index (κ1) is 13.0. The van der Waals surface area contributed by atoms with Gasteiger partial charge in [-0.1, -0.05) is 53.4 Å². The molecule has 0 rings (SSSR count). The largest absolute Gasteiger partial charge is 0.393 e. The van der Waals surface area contributed by atoms with Crippen molar-refractivity contribution in [2.75, 3.05) is 0 Å². The Morgan fingerprint density at radius 1 is 1.08 bits per heavy atom. The molecule has 0 aliphatic carbocycles. The van der Waals surface area contributed by atoms with Gasteiger partial charge in [-0.3, -0.25) is 0 Å². The molecular formula is C12H26O. The maximum atomic E-state index is 9.93. The van der Waals surface area contributed by atoms with Crippen molar-refractivity contribution in [2.24, 2.45) is 5.41 Å². The van der Waals surface area contributed by atoms with Crippen LogP contribution in [0.3, 0.4) is 0 Å². The van der Waals surface area contributed by atoms with E-state index in [4.69, 9.17) is 0 Å². The van der Waals surface area contributed by atoms with Gasteiger partial charge in [0.15, 0.2) is 0 Å². The molecule has 80 valence electrons. The van der Waals surface area contributed by atoms with E-state index in [9.17, 15) is 5.11 Å². The smallest absolute Gasteiger partial charge is 0.0591 e. The third kappa shape index (κ3) is 5.30. The number of hydrogen-bond donors (Lipinski definition) is 1. The van der Waals surface area contributed by atoms with E-state index in [2.05, 4.69) is 27.7 Å². The highest BCUT2D eigenvalue weighted by Gasteiger charge is 2.26. The molecule has 1 N–H and O–H groups in total. The molecule has 0 aromatic rings. The van der Waals surface area contributed by atoms with E-state index >= 15 is 0 Å². The fraction of sp³-hybridized carbons (Fsp3) is 1.00. The second-order valence-corrected chi connectivity index (χ2v) is 4.75. The zero-order valence-electron chi connectivity index (χ0n) is 9.77. The van der Waals surface area contributed by atoms with Crippen LogP contribution in [0.4, 0.5) is 0 Å². The van der Waals surface area contributed by atoms with Gasteiger partial charge in [-0.15, -0.1) is 0 Å². The van der Waals surface area contributed by atoms with Gasteiger partial charge in [-0.2, -0.15) is 0 Å². The van der Waals surface area contributed by atoms with E-state index in [1.54, 1.807) is 0 Å². The lowest BCUT2D eigenvalue weighted by Crippen LogP contribution is -2.29. The molecule has 1 atom stereocenters. The molecule has 0 aromatic carbocycles. The van der Waals surface area contributed by atoms with Crippen molar-refractivity contribution in [1.82, 2.24) is 0 Å². The van der Waals surface area contributed by atoms with Crippen molar-refractivity contribution in [2.45, 2.75) is 72.3 Å². The molecule has 0 aliphatic rings. The lowest BCUT2D eigenvalue weighted by molar-refractivity contribution is 0.0341. The van der Waals surface area contributed by atoms with Gasteiger partial charge < -0.3 is 5.11 Å². The Balaban J connectivity index is 3.80. The summed E-state index contributed by atoms with van der Waals surface area (Å²) in [6.45, 7) is 8.74. The SMILES string of the molecule is CCCCC(O)C(C)(C)CCCC. The van der Waals surface area contributed by atoms with Crippen molar-refractivity contribution in [3.8, 4) is 0 Å². The summed E-state index contributed by atoms with van der Waals surface area (Å²) in [5, 5.41) is 9.93. The summed E-state index contributed by atoms with van der Waals surface area (Å²) in [5.74, 6) is 0. The van der Waals surface area contributed by atoms with Crippen LogP contribution < -0.4 is 0 Å². The highest BCUT2D eigenvalue weighted by atomic mass is 16.3. The van der Waals surface area contributed by atoms with Crippen molar-refractivity contribution in [1.29, 1.82) is 0 Å². The second kappa shape index (κ2) is 6.42. The average Bonchev–Trinajstić information content (AvgIpc) is 2.10. The molecule has 0 radical (unpaired) electrons. The van der Waals surface area contributed by atoms with Crippen LogP contribution in [0.25, 0.3) is 0 Å². The van der Waals surface area contributed by atoms with Crippen LogP contribution in [0.2, 0.25) is 0 Å². The van der Waals surface area contributed by atoms with Crippen LogP contribution in [-0.2, 0) is 0 Å². The van der Waals surface area contributed by atoms with Gasteiger partial charge in [0.1, 0.15) is 0 Å². The molecular weight excluding hydrogens is 160 g/mol. The lowest BCUT2D eigenvalue weighted by Gasteiger charge is -2.30. The molecule has 13 heavy (non-hydrogen) atoms. The molecule has 0 aliphatic heterocycles. The van der Waals surface area contributed by atoms with Crippen LogP contribution in [0.15, 0.2) is 0 Å². The standard InChI is InChI=1S/C12H26O/c1-5-7-9-11(13)12(3,4)10-8-6-2/h11,13H,5-10H2,1-4H3. The molecule has 0 heterocycles. The summed E-state index contributed by atoms with van der Waals surface area (Å²) < 4.78 is 0. The van der Waals surface area contributed by atoms with Crippen molar-refractivity contribution in [3.63, 3.8) is 0 Å². The van der Waals surface area contributed by atoms with E-state index < -0.39 is 0 Å². The van der Waals surface area contributed by atoms with Gasteiger partial charge in [-0.25, -0.2) is 0 Å². The van der Waals surface area contributed by atoms with E-state index in [0.29, 0.717) is 0 Å². The minimum absolute atomic E-state index is 0.112. The van der Waals surface area contributed by atoms with Gasteiger partial charge in [0.05, 0.1) is 6.10 Å². The topological polar surface area (TPSA) is 20.2 Å². The number of aliphatic hydroxyl groups is 1. The molecule has 0 aromatic heterocycles. The first-order valence-corrected chi connectivity index (χ1v) is 5.72. The van der Waals surface area contributed by atoms with Gasteiger partial charge in [0.25, 0.3) is 0 Å². The lowest BCUT2D eigenvalue weighted by atomic mass is 9.79. The zero-order valence-corrected chi connectivity index (χ0v) is 9.77. The third-order valence-electron chi connectivity index (χ3n) is 2.91. The Hall–Kier alpha value is -0.0400. The van der Waals surface area contributed by atoms with E-state index in [-0.39, 0.29) is 11.5 Å². The highest BCUT2D eigenvalue weighted by molar-refractivity contribution is 4.77. The predicted octanol–water partition coefficient (Wildman–Crippen LogP) is 3.75. The van der Waals surface area contributed by atoms with Crippen molar-refractivity contribution < 1.29 is 5.11 Å². The fourth-order valence-electron chi connectivity index (χ4n) is 1.59. The van der Waals surface area contributed by atoms with Gasteiger partial charge in [-0.05, 0) is 18.3 Å². The minimum atomic E-state index is -0.112. The Kier molecular flexibility index (Phi) is 6.40. The van der Waals surface area contributed by atoms with Gasteiger partial charge in [0.2, 0.25) is 0 Å². The maximum Gasteiger partial charge on any atom is 0.0591 e. The number of rotatable bonds is 7. The van der Waals surface area contributed by atoms with Crippen molar-refractivity contribution >= 4 is 0 Å². The molecule has 0 saturated carbocycles. The van der Waals surface area contributed by atoms with Crippen LogP contribution in [0, 0.1) is 5.41 Å². The molecule has 0 bridgehead atoms. The van der Waals surface area contributed by atoms with E-state index in [0.717, 1.165) is 19.3 Å². The molecule has 0 saturated heterocycles. The van der Waals surface area contributed by atoms with Crippen LogP contribution >= 0.6 is 0 Å². The quantitative estimate of drug-likeness (QED) is 0.642. The molecule has 0 spiro atoms. The van der Waals surface area contributed by atoms with Crippen LogP contribution in [-0.4, -0.2) is 11.2 Å². The van der Waals surface area contributed by atoms with Gasteiger partial charge >= 0.3 is 0 Å². The van der Waals surface area contributed by atoms with Gasteiger partial charge in [0, 0.05) is 0 Å². The summed E-state index contributed by atoms with van der Waals surface area (Å²) in [4.78, 5) is 0. The second-order valence-electron chi connectivity index (χ2n) is 4.75. The van der Waals surface area contributed by atoms with Crippen LogP contribution in [0.5, 0.6) is 0 Å². The molecule has 1 unspecified atom stereocenters. The summed E-state index contributed by atoms with van der Waals surface area (Å²) in [5.41, 5.74) is 0.116. The highest BCUT2D eigenvalue weighted by Crippen LogP contribution is 2.30. The summed E-state index contributed by atoms with van der Waals surface area (Å²) >= 11 is 0. The predicted molar refractivity (Wildman–Crippen MR) is 58.8 cm³/mol. The fourth-order valence-corrected chi connectivity index (χ4v) is 1.59. The molecule has 1 nitrogen and oxygen atoms in total. The summed E-state index contributed by atoms with van der Waals surface area (Å²) in [7, 11) is 0. The first-order valence-electron chi connectivity index (χ1n) is 5.72. The Morgan fingerprint density at radius 2 is 1.62 bits per heavy atom. The third-order valence-corrected chi connectivity index (χ3v) is 2.91. The monoisotopic (exact) mass is 186 g/mol.